The van der Waals surface area contributed by atoms with Crippen LogP contribution in [0.15, 0.2) is 35.3 Å². The molecule has 1 saturated carbocycles. The molecule has 128 valence electrons. The van der Waals surface area contributed by atoms with Crippen LogP contribution in [-0.2, 0) is 4.74 Å². The summed E-state index contributed by atoms with van der Waals surface area (Å²) in [5, 5.41) is 6.75. The molecule has 0 aromatic heterocycles. The number of nitrogens with zero attached hydrogens (tertiary/aromatic N) is 1. The number of para-hydroxylation sites is 1. The summed E-state index contributed by atoms with van der Waals surface area (Å²) in [5.41, 5.74) is 0.383. The highest BCUT2D eigenvalue weighted by Crippen LogP contribution is 2.43. The van der Waals surface area contributed by atoms with Crippen molar-refractivity contribution in [2.45, 2.75) is 25.7 Å². The smallest absolute Gasteiger partial charge is 0.191 e. The molecule has 0 unspecified atom stereocenters. The molecular formula is C18H29N3O2. The molecule has 0 radical (unpaired) electrons. The van der Waals surface area contributed by atoms with Gasteiger partial charge in [0.05, 0.1) is 6.54 Å². The molecule has 2 N–H and O–H groups in total. The van der Waals surface area contributed by atoms with Gasteiger partial charge in [0, 0.05) is 27.3 Å². The van der Waals surface area contributed by atoms with Crippen molar-refractivity contribution in [1.29, 1.82) is 0 Å². The summed E-state index contributed by atoms with van der Waals surface area (Å²) in [6.45, 7) is 3.12. The number of hydrogen-bond donors (Lipinski definition) is 2. The van der Waals surface area contributed by atoms with Crippen LogP contribution in [0.4, 0.5) is 0 Å². The molecule has 0 heterocycles. The highest BCUT2D eigenvalue weighted by atomic mass is 16.5. The zero-order valence-electron chi connectivity index (χ0n) is 14.3. The minimum atomic E-state index is 0.383. The van der Waals surface area contributed by atoms with Crippen molar-refractivity contribution in [2.75, 3.05) is 40.5 Å². The molecule has 0 aliphatic heterocycles. The lowest BCUT2D eigenvalue weighted by atomic mass is 9.67. The van der Waals surface area contributed by atoms with E-state index in [0.717, 1.165) is 37.8 Å². The third kappa shape index (κ3) is 5.75. The second-order valence-electron chi connectivity index (χ2n) is 6.11. The molecule has 1 aliphatic rings. The largest absolute Gasteiger partial charge is 0.492 e. The molecule has 5 heteroatoms. The van der Waals surface area contributed by atoms with Gasteiger partial charge in [0.15, 0.2) is 5.96 Å². The van der Waals surface area contributed by atoms with E-state index in [1.807, 2.05) is 30.3 Å². The topological polar surface area (TPSA) is 54.9 Å². The maximum absolute atomic E-state index is 5.67. The van der Waals surface area contributed by atoms with Gasteiger partial charge in [-0.05, 0) is 36.8 Å². The first-order chi connectivity index (χ1) is 11.3. The van der Waals surface area contributed by atoms with Crippen LogP contribution in [0.3, 0.4) is 0 Å². The van der Waals surface area contributed by atoms with Gasteiger partial charge in [-0.1, -0.05) is 24.6 Å². The van der Waals surface area contributed by atoms with Crippen LogP contribution in [0.2, 0.25) is 0 Å². The molecule has 0 spiro atoms. The fourth-order valence-corrected chi connectivity index (χ4v) is 2.86. The normalized spacial score (nSPS) is 16.5. The van der Waals surface area contributed by atoms with Gasteiger partial charge < -0.3 is 20.1 Å². The lowest BCUT2D eigenvalue weighted by Crippen LogP contribution is -2.47. The molecular weight excluding hydrogens is 290 g/mol. The van der Waals surface area contributed by atoms with Gasteiger partial charge in [0.2, 0.25) is 0 Å². The van der Waals surface area contributed by atoms with E-state index in [-0.39, 0.29) is 0 Å². The fraction of sp³-hybridized carbons (Fsp3) is 0.611. The second-order valence-corrected chi connectivity index (χ2v) is 6.11. The summed E-state index contributed by atoms with van der Waals surface area (Å²) in [6.07, 6.45) is 4.99. The van der Waals surface area contributed by atoms with Crippen molar-refractivity contribution < 1.29 is 9.47 Å². The van der Waals surface area contributed by atoms with Crippen molar-refractivity contribution in [2.24, 2.45) is 10.4 Å². The first kappa shape index (κ1) is 17.6. The standard InChI is InChI=1S/C18H29N3O2/c1-19-17(20-12-14-23-16-7-4-3-5-8-16)21-15-18(9-6-10-18)11-13-22-2/h3-5,7-8H,6,9-15H2,1-2H3,(H2,19,20,21). The summed E-state index contributed by atoms with van der Waals surface area (Å²) >= 11 is 0. The van der Waals surface area contributed by atoms with Crippen molar-refractivity contribution in [3.8, 4) is 5.75 Å². The van der Waals surface area contributed by atoms with Crippen molar-refractivity contribution >= 4 is 5.96 Å². The number of guanidine groups is 1. The quantitative estimate of drug-likeness (QED) is 0.417. The Balaban J connectivity index is 1.65. The van der Waals surface area contributed by atoms with Gasteiger partial charge in [-0.15, -0.1) is 0 Å². The van der Waals surface area contributed by atoms with Gasteiger partial charge in [0.1, 0.15) is 12.4 Å². The maximum atomic E-state index is 5.67. The zero-order chi connectivity index (χ0) is 16.4. The van der Waals surface area contributed by atoms with E-state index < -0.39 is 0 Å². The summed E-state index contributed by atoms with van der Waals surface area (Å²) in [4.78, 5) is 4.28. The monoisotopic (exact) mass is 319 g/mol. The lowest BCUT2D eigenvalue weighted by Gasteiger charge is -2.42. The first-order valence-corrected chi connectivity index (χ1v) is 8.39. The average Bonchev–Trinajstić information content (AvgIpc) is 2.56. The molecule has 1 fully saturated rings. The Hall–Kier alpha value is -1.75. The van der Waals surface area contributed by atoms with E-state index in [1.54, 1.807) is 14.2 Å². The van der Waals surface area contributed by atoms with E-state index >= 15 is 0 Å². The Kier molecular flexibility index (Phi) is 7.20. The van der Waals surface area contributed by atoms with Gasteiger partial charge in [-0.25, -0.2) is 0 Å². The van der Waals surface area contributed by atoms with E-state index in [9.17, 15) is 0 Å². The average molecular weight is 319 g/mol. The Labute approximate surface area is 139 Å². The van der Waals surface area contributed by atoms with Crippen LogP contribution in [0, 0.1) is 5.41 Å². The van der Waals surface area contributed by atoms with Crippen molar-refractivity contribution in [1.82, 2.24) is 10.6 Å². The van der Waals surface area contributed by atoms with E-state index in [2.05, 4.69) is 15.6 Å². The molecule has 0 saturated heterocycles. The molecule has 0 atom stereocenters. The molecule has 1 aliphatic carbocycles. The number of methoxy groups -OCH3 is 1. The number of ether oxygens (including phenoxy) is 2. The molecule has 0 bridgehead atoms. The Morgan fingerprint density at radius 1 is 1.17 bits per heavy atom. The Bertz CT molecular complexity index is 472. The zero-order valence-corrected chi connectivity index (χ0v) is 14.3. The van der Waals surface area contributed by atoms with Crippen LogP contribution in [-0.4, -0.2) is 46.4 Å². The summed E-state index contributed by atoms with van der Waals surface area (Å²) in [7, 11) is 3.57. The number of hydrogen-bond acceptors (Lipinski definition) is 3. The number of rotatable bonds is 9. The highest BCUT2D eigenvalue weighted by Gasteiger charge is 2.36. The van der Waals surface area contributed by atoms with Crippen molar-refractivity contribution in [3.63, 3.8) is 0 Å². The highest BCUT2D eigenvalue weighted by molar-refractivity contribution is 5.79. The molecule has 1 aromatic carbocycles. The van der Waals surface area contributed by atoms with Crippen LogP contribution < -0.4 is 15.4 Å². The lowest BCUT2D eigenvalue weighted by molar-refractivity contribution is 0.0732. The van der Waals surface area contributed by atoms with Gasteiger partial charge in [-0.3, -0.25) is 4.99 Å². The third-order valence-corrected chi connectivity index (χ3v) is 4.51. The molecule has 23 heavy (non-hydrogen) atoms. The molecule has 0 amide bonds. The molecule has 2 rings (SSSR count). The SMILES string of the molecule is CN=C(NCCOc1ccccc1)NCC1(CCOC)CCC1. The maximum Gasteiger partial charge on any atom is 0.191 e. The van der Waals surface area contributed by atoms with Gasteiger partial charge in [-0.2, -0.15) is 0 Å². The summed E-state index contributed by atoms with van der Waals surface area (Å²) in [5.74, 6) is 1.73. The summed E-state index contributed by atoms with van der Waals surface area (Å²) in [6, 6.07) is 9.85. The van der Waals surface area contributed by atoms with E-state index in [1.165, 1.54) is 19.3 Å². The second kappa shape index (κ2) is 9.40. The number of nitrogens with one attached hydrogen (secondary N) is 2. The fourth-order valence-electron chi connectivity index (χ4n) is 2.86. The number of aliphatic imine (C=N–C) groups is 1. The molecule has 1 aromatic rings. The van der Waals surface area contributed by atoms with Crippen LogP contribution >= 0.6 is 0 Å². The molecule has 5 nitrogen and oxygen atoms in total. The predicted octanol–water partition coefficient (Wildman–Crippen LogP) is 2.44. The first-order valence-electron chi connectivity index (χ1n) is 8.39. The minimum Gasteiger partial charge on any atom is -0.492 e. The predicted molar refractivity (Wildman–Crippen MR) is 94.1 cm³/mol. The van der Waals surface area contributed by atoms with Crippen LogP contribution in [0.5, 0.6) is 5.75 Å². The van der Waals surface area contributed by atoms with Crippen LogP contribution in [0.1, 0.15) is 25.7 Å². The number of benzene rings is 1. The Morgan fingerprint density at radius 2 is 1.96 bits per heavy atom. The van der Waals surface area contributed by atoms with Crippen molar-refractivity contribution in [3.05, 3.63) is 30.3 Å². The minimum absolute atomic E-state index is 0.383. The Morgan fingerprint density at radius 3 is 2.57 bits per heavy atom. The van der Waals surface area contributed by atoms with Gasteiger partial charge in [0.25, 0.3) is 0 Å². The van der Waals surface area contributed by atoms with E-state index in [0.29, 0.717) is 12.0 Å². The third-order valence-electron chi connectivity index (χ3n) is 4.51. The van der Waals surface area contributed by atoms with Gasteiger partial charge >= 0.3 is 0 Å². The van der Waals surface area contributed by atoms with Crippen LogP contribution in [0.25, 0.3) is 0 Å². The summed E-state index contributed by atoms with van der Waals surface area (Å²) < 4.78 is 10.9. The van der Waals surface area contributed by atoms with E-state index in [4.69, 9.17) is 9.47 Å².